The first-order chi connectivity index (χ1) is 7.27. The SMILES string of the molecule is Clc1ncnc(NCc2cncs2)c1Br. The Morgan fingerprint density at radius 3 is 3.07 bits per heavy atom. The van der Waals surface area contributed by atoms with Crippen LogP contribution in [0.25, 0.3) is 0 Å². The monoisotopic (exact) mass is 304 g/mol. The van der Waals surface area contributed by atoms with Crippen molar-refractivity contribution in [3.8, 4) is 0 Å². The molecule has 0 aliphatic heterocycles. The number of nitrogens with one attached hydrogen (secondary N) is 1. The van der Waals surface area contributed by atoms with Gasteiger partial charge in [0.2, 0.25) is 0 Å². The first kappa shape index (κ1) is 10.8. The molecule has 7 heteroatoms. The lowest BCUT2D eigenvalue weighted by Crippen LogP contribution is -2.01. The largest absolute Gasteiger partial charge is 0.364 e. The molecule has 2 rings (SSSR count). The number of hydrogen-bond donors (Lipinski definition) is 1. The van der Waals surface area contributed by atoms with Crippen LogP contribution in [0, 0.1) is 0 Å². The summed E-state index contributed by atoms with van der Waals surface area (Å²) in [5.41, 5.74) is 1.79. The quantitative estimate of drug-likeness (QED) is 0.886. The van der Waals surface area contributed by atoms with Crippen molar-refractivity contribution in [3.63, 3.8) is 0 Å². The van der Waals surface area contributed by atoms with Crippen LogP contribution in [-0.4, -0.2) is 15.0 Å². The fraction of sp³-hybridized carbons (Fsp3) is 0.125. The van der Waals surface area contributed by atoms with E-state index >= 15 is 0 Å². The number of anilines is 1. The summed E-state index contributed by atoms with van der Waals surface area (Å²) in [6.07, 6.45) is 3.23. The summed E-state index contributed by atoms with van der Waals surface area (Å²) in [6, 6.07) is 0. The average molecular weight is 306 g/mol. The van der Waals surface area contributed by atoms with Gasteiger partial charge in [0.25, 0.3) is 0 Å². The maximum Gasteiger partial charge on any atom is 0.148 e. The molecular weight excluding hydrogens is 300 g/mol. The minimum absolute atomic E-state index is 0.400. The third-order valence-electron chi connectivity index (χ3n) is 1.66. The Labute approximate surface area is 104 Å². The Balaban J connectivity index is 2.08. The fourth-order valence-electron chi connectivity index (χ4n) is 0.972. The Bertz CT molecular complexity index is 448. The van der Waals surface area contributed by atoms with Crippen LogP contribution in [0.3, 0.4) is 0 Å². The van der Waals surface area contributed by atoms with Gasteiger partial charge in [0.15, 0.2) is 0 Å². The third-order valence-corrected chi connectivity index (χ3v) is 3.71. The summed E-state index contributed by atoms with van der Waals surface area (Å²) in [4.78, 5) is 13.0. The summed E-state index contributed by atoms with van der Waals surface area (Å²) in [5.74, 6) is 0.684. The zero-order valence-electron chi connectivity index (χ0n) is 7.44. The molecule has 0 fully saturated rings. The van der Waals surface area contributed by atoms with Crippen LogP contribution in [0.1, 0.15) is 4.88 Å². The fourth-order valence-corrected chi connectivity index (χ4v) is 1.98. The van der Waals surface area contributed by atoms with Crippen LogP contribution < -0.4 is 5.32 Å². The molecule has 0 unspecified atom stereocenters. The number of nitrogens with zero attached hydrogens (tertiary/aromatic N) is 3. The van der Waals surface area contributed by atoms with Gasteiger partial charge in [-0.05, 0) is 15.9 Å². The maximum absolute atomic E-state index is 5.83. The summed E-state index contributed by atoms with van der Waals surface area (Å²) >= 11 is 10.7. The van der Waals surface area contributed by atoms with E-state index in [2.05, 4.69) is 36.2 Å². The minimum atomic E-state index is 0.400. The van der Waals surface area contributed by atoms with Gasteiger partial charge in [-0.15, -0.1) is 11.3 Å². The van der Waals surface area contributed by atoms with Gasteiger partial charge in [-0.25, -0.2) is 9.97 Å². The van der Waals surface area contributed by atoms with E-state index in [9.17, 15) is 0 Å². The predicted octanol–water partition coefficient (Wildman–Crippen LogP) is 2.96. The second-order valence-electron chi connectivity index (χ2n) is 2.65. The highest BCUT2D eigenvalue weighted by molar-refractivity contribution is 9.10. The first-order valence-corrected chi connectivity index (χ1v) is 6.09. The van der Waals surface area contributed by atoms with Crippen molar-refractivity contribution in [1.29, 1.82) is 0 Å². The van der Waals surface area contributed by atoms with Crippen LogP contribution in [0.5, 0.6) is 0 Å². The second-order valence-corrected chi connectivity index (χ2v) is 4.77. The van der Waals surface area contributed by atoms with E-state index in [0.717, 1.165) is 4.88 Å². The standard InChI is InChI=1S/C8H6BrClN4S/c9-6-7(10)13-3-14-8(6)12-2-5-1-11-4-15-5/h1,3-4H,2H2,(H,12,13,14). The molecule has 2 heterocycles. The Morgan fingerprint density at radius 1 is 1.47 bits per heavy atom. The summed E-state index contributed by atoms with van der Waals surface area (Å²) in [7, 11) is 0. The van der Waals surface area contributed by atoms with Crippen molar-refractivity contribution in [3.05, 3.63) is 32.5 Å². The number of halogens is 2. The number of hydrogen-bond acceptors (Lipinski definition) is 5. The second kappa shape index (κ2) is 4.87. The van der Waals surface area contributed by atoms with E-state index in [4.69, 9.17) is 11.6 Å². The summed E-state index contributed by atoms with van der Waals surface area (Å²) < 4.78 is 0.677. The highest BCUT2D eigenvalue weighted by atomic mass is 79.9. The number of thiazole rings is 1. The zero-order chi connectivity index (χ0) is 10.7. The molecule has 0 bridgehead atoms. The smallest absolute Gasteiger partial charge is 0.148 e. The molecule has 4 nitrogen and oxygen atoms in total. The zero-order valence-corrected chi connectivity index (χ0v) is 10.6. The van der Waals surface area contributed by atoms with Crippen molar-refractivity contribution in [2.75, 3.05) is 5.32 Å². The van der Waals surface area contributed by atoms with Gasteiger partial charge in [0.1, 0.15) is 17.3 Å². The molecule has 2 aromatic rings. The Hall–Kier alpha value is -0.720. The van der Waals surface area contributed by atoms with E-state index in [1.807, 2.05) is 6.20 Å². The molecule has 0 spiro atoms. The van der Waals surface area contributed by atoms with E-state index < -0.39 is 0 Å². The van der Waals surface area contributed by atoms with E-state index in [0.29, 0.717) is 22.0 Å². The van der Waals surface area contributed by atoms with Gasteiger partial charge in [-0.1, -0.05) is 11.6 Å². The molecule has 0 amide bonds. The maximum atomic E-state index is 5.83. The lowest BCUT2D eigenvalue weighted by atomic mass is 10.5. The molecule has 0 saturated carbocycles. The molecule has 78 valence electrons. The molecule has 2 aromatic heterocycles. The number of rotatable bonds is 3. The lowest BCUT2D eigenvalue weighted by Gasteiger charge is -2.05. The molecule has 0 radical (unpaired) electrons. The highest BCUT2D eigenvalue weighted by Gasteiger charge is 2.06. The molecule has 0 aliphatic rings. The Morgan fingerprint density at radius 2 is 2.33 bits per heavy atom. The third kappa shape index (κ3) is 2.64. The van der Waals surface area contributed by atoms with Gasteiger partial charge in [0.05, 0.1) is 16.5 Å². The van der Waals surface area contributed by atoms with E-state index in [1.54, 1.807) is 16.8 Å². The van der Waals surface area contributed by atoms with Crippen molar-refractivity contribution < 1.29 is 0 Å². The molecule has 0 atom stereocenters. The van der Waals surface area contributed by atoms with Crippen molar-refractivity contribution in [1.82, 2.24) is 15.0 Å². The Kier molecular flexibility index (Phi) is 3.50. The lowest BCUT2D eigenvalue weighted by molar-refractivity contribution is 1.08. The van der Waals surface area contributed by atoms with Crippen molar-refractivity contribution in [2.45, 2.75) is 6.54 Å². The van der Waals surface area contributed by atoms with Gasteiger partial charge in [0, 0.05) is 11.1 Å². The van der Waals surface area contributed by atoms with Gasteiger partial charge < -0.3 is 5.32 Å². The highest BCUT2D eigenvalue weighted by Crippen LogP contribution is 2.26. The van der Waals surface area contributed by atoms with Gasteiger partial charge in [-0.2, -0.15) is 0 Å². The van der Waals surface area contributed by atoms with Crippen molar-refractivity contribution >= 4 is 44.7 Å². The number of aromatic nitrogens is 3. The molecule has 15 heavy (non-hydrogen) atoms. The normalized spacial score (nSPS) is 10.3. The summed E-state index contributed by atoms with van der Waals surface area (Å²) in [5, 5.41) is 3.54. The van der Waals surface area contributed by atoms with Crippen LogP contribution in [0.15, 0.2) is 22.5 Å². The topological polar surface area (TPSA) is 50.7 Å². The van der Waals surface area contributed by atoms with Crippen LogP contribution in [0.2, 0.25) is 5.15 Å². The van der Waals surface area contributed by atoms with Crippen molar-refractivity contribution in [2.24, 2.45) is 0 Å². The van der Waals surface area contributed by atoms with Gasteiger partial charge in [-0.3, -0.25) is 4.98 Å². The van der Waals surface area contributed by atoms with Crippen LogP contribution in [-0.2, 0) is 6.54 Å². The average Bonchev–Trinajstić information content (AvgIpc) is 2.73. The van der Waals surface area contributed by atoms with E-state index in [1.165, 1.54) is 6.33 Å². The first-order valence-electron chi connectivity index (χ1n) is 4.04. The summed E-state index contributed by atoms with van der Waals surface area (Å²) in [6.45, 7) is 0.677. The molecular formula is C8H6BrClN4S. The molecule has 0 saturated heterocycles. The molecule has 0 aliphatic carbocycles. The minimum Gasteiger partial charge on any atom is -0.364 e. The molecule has 0 aromatic carbocycles. The predicted molar refractivity (Wildman–Crippen MR) is 64.2 cm³/mol. The van der Waals surface area contributed by atoms with Gasteiger partial charge >= 0.3 is 0 Å². The van der Waals surface area contributed by atoms with Crippen LogP contribution >= 0.6 is 38.9 Å². The molecule has 1 N–H and O–H groups in total. The van der Waals surface area contributed by atoms with E-state index in [-0.39, 0.29) is 0 Å². The van der Waals surface area contributed by atoms with Crippen LogP contribution in [0.4, 0.5) is 5.82 Å².